The maximum absolute atomic E-state index is 11.3. The number of fused-ring (bicyclic) bond motifs is 1. The molecule has 4 heteroatoms. The van der Waals surface area contributed by atoms with E-state index >= 15 is 0 Å². The van der Waals surface area contributed by atoms with Gasteiger partial charge in [0.2, 0.25) is 0 Å². The van der Waals surface area contributed by atoms with Gasteiger partial charge in [0, 0.05) is 12.1 Å². The molecule has 0 aliphatic carbocycles. The Labute approximate surface area is 106 Å². The van der Waals surface area contributed by atoms with Crippen LogP contribution in [0.3, 0.4) is 0 Å². The molecule has 1 aromatic heterocycles. The number of aryl methyl sites for hydroxylation is 1. The molecule has 96 valence electrons. The monoisotopic (exact) mass is 246 g/mol. The number of nitrogens with zero attached hydrogens (tertiary/aromatic N) is 2. The zero-order valence-electron chi connectivity index (χ0n) is 10.8. The molecule has 0 unspecified atom stereocenters. The number of unbranched alkanes of at least 4 members (excludes halogenated alkanes) is 1. The minimum absolute atomic E-state index is 0.0329. The average molecular weight is 246 g/mol. The number of aromatic nitrogens is 2. The Hall–Kier alpha value is -1.68. The highest BCUT2D eigenvalue weighted by Gasteiger charge is 2.11. The second-order valence-electron chi connectivity index (χ2n) is 4.45. The van der Waals surface area contributed by atoms with Gasteiger partial charge >= 0.3 is 0 Å². The standard InChI is InChI=1S/C14H18N2O2/c1-3-4-7-16-13-6-5-11(10(2)18)8-12(13)15-14(16)9-17/h5-6,8,17H,3-4,7,9H2,1-2H3. The molecule has 18 heavy (non-hydrogen) atoms. The lowest BCUT2D eigenvalue weighted by molar-refractivity contribution is 0.101. The zero-order chi connectivity index (χ0) is 13.1. The number of ketones is 1. The third kappa shape index (κ3) is 2.29. The van der Waals surface area contributed by atoms with Crippen molar-refractivity contribution < 1.29 is 9.90 Å². The van der Waals surface area contributed by atoms with Gasteiger partial charge in [-0.1, -0.05) is 13.3 Å². The maximum atomic E-state index is 11.3. The Kier molecular flexibility index (Phi) is 3.77. The summed E-state index contributed by atoms with van der Waals surface area (Å²) in [4.78, 5) is 15.7. The Bertz CT molecular complexity index is 572. The van der Waals surface area contributed by atoms with E-state index in [2.05, 4.69) is 11.9 Å². The van der Waals surface area contributed by atoms with Crippen LogP contribution in [0.2, 0.25) is 0 Å². The van der Waals surface area contributed by atoms with Crippen molar-refractivity contribution in [3.63, 3.8) is 0 Å². The van der Waals surface area contributed by atoms with E-state index in [-0.39, 0.29) is 12.4 Å². The van der Waals surface area contributed by atoms with Crippen molar-refractivity contribution in [2.75, 3.05) is 0 Å². The number of Topliss-reactive ketones (excluding diaryl/α,β-unsaturated/α-hetero) is 1. The van der Waals surface area contributed by atoms with Crippen LogP contribution in [0, 0.1) is 0 Å². The fraction of sp³-hybridized carbons (Fsp3) is 0.429. The molecule has 0 saturated carbocycles. The molecular formula is C14H18N2O2. The molecule has 0 amide bonds. The first-order valence-electron chi connectivity index (χ1n) is 6.28. The summed E-state index contributed by atoms with van der Waals surface area (Å²) >= 11 is 0. The summed E-state index contributed by atoms with van der Waals surface area (Å²) in [6.45, 7) is 4.45. The maximum Gasteiger partial charge on any atom is 0.159 e. The molecule has 0 spiro atoms. The Morgan fingerprint density at radius 3 is 2.83 bits per heavy atom. The number of carbonyl (C=O) groups is 1. The molecule has 0 saturated heterocycles. The van der Waals surface area contributed by atoms with E-state index < -0.39 is 0 Å². The van der Waals surface area contributed by atoms with Gasteiger partial charge in [-0.15, -0.1) is 0 Å². The lowest BCUT2D eigenvalue weighted by atomic mass is 10.1. The van der Waals surface area contributed by atoms with E-state index in [9.17, 15) is 9.90 Å². The van der Waals surface area contributed by atoms with Crippen molar-refractivity contribution in [1.82, 2.24) is 9.55 Å². The lowest BCUT2D eigenvalue weighted by Crippen LogP contribution is -2.03. The molecule has 1 N–H and O–H groups in total. The van der Waals surface area contributed by atoms with Gasteiger partial charge in [0.05, 0.1) is 11.0 Å². The molecule has 4 nitrogen and oxygen atoms in total. The van der Waals surface area contributed by atoms with Crippen LogP contribution in [-0.2, 0) is 13.2 Å². The first-order chi connectivity index (χ1) is 8.67. The Balaban J connectivity index is 2.51. The highest BCUT2D eigenvalue weighted by atomic mass is 16.3. The van der Waals surface area contributed by atoms with Crippen molar-refractivity contribution in [2.45, 2.75) is 39.8 Å². The van der Waals surface area contributed by atoms with Gasteiger partial charge in [-0.05, 0) is 31.5 Å². The summed E-state index contributed by atoms with van der Waals surface area (Å²) in [5.74, 6) is 0.699. The molecule has 1 aromatic carbocycles. The van der Waals surface area contributed by atoms with Gasteiger partial charge in [-0.25, -0.2) is 4.98 Å². The van der Waals surface area contributed by atoms with Gasteiger partial charge in [-0.2, -0.15) is 0 Å². The zero-order valence-corrected chi connectivity index (χ0v) is 10.8. The van der Waals surface area contributed by atoms with Crippen LogP contribution in [0.5, 0.6) is 0 Å². The van der Waals surface area contributed by atoms with Crippen LogP contribution in [0.1, 0.15) is 42.9 Å². The Morgan fingerprint density at radius 2 is 2.22 bits per heavy atom. The number of hydrogen-bond donors (Lipinski definition) is 1. The predicted octanol–water partition coefficient (Wildman–Crippen LogP) is 2.53. The SMILES string of the molecule is CCCCn1c(CO)nc2cc(C(C)=O)ccc21. The largest absolute Gasteiger partial charge is 0.388 e. The molecule has 0 bridgehead atoms. The average Bonchev–Trinajstić information content (AvgIpc) is 2.72. The fourth-order valence-electron chi connectivity index (χ4n) is 2.09. The molecule has 0 aliphatic rings. The van der Waals surface area contributed by atoms with E-state index in [1.807, 2.05) is 16.7 Å². The number of hydrogen-bond acceptors (Lipinski definition) is 3. The van der Waals surface area contributed by atoms with Crippen LogP contribution in [0.4, 0.5) is 0 Å². The van der Waals surface area contributed by atoms with Crippen molar-refractivity contribution in [3.8, 4) is 0 Å². The van der Waals surface area contributed by atoms with Crippen molar-refractivity contribution >= 4 is 16.8 Å². The lowest BCUT2D eigenvalue weighted by Gasteiger charge is -2.06. The second kappa shape index (κ2) is 5.31. The summed E-state index contributed by atoms with van der Waals surface area (Å²) in [5.41, 5.74) is 2.42. The number of imidazole rings is 1. The van der Waals surface area contributed by atoms with Crippen LogP contribution in [-0.4, -0.2) is 20.4 Å². The van der Waals surface area contributed by atoms with Crippen molar-refractivity contribution in [1.29, 1.82) is 0 Å². The summed E-state index contributed by atoms with van der Waals surface area (Å²) in [5, 5.41) is 9.35. The summed E-state index contributed by atoms with van der Waals surface area (Å²) in [7, 11) is 0. The third-order valence-corrected chi connectivity index (χ3v) is 3.11. The minimum Gasteiger partial charge on any atom is -0.388 e. The number of aliphatic hydroxyl groups is 1. The van der Waals surface area contributed by atoms with E-state index in [1.165, 1.54) is 0 Å². The Morgan fingerprint density at radius 1 is 1.44 bits per heavy atom. The molecule has 1 heterocycles. The van der Waals surface area contributed by atoms with Gasteiger partial charge in [0.25, 0.3) is 0 Å². The van der Waals surface area contributed by atoms with Crippen LogP contribution >= 0.6 is 0 Å². The minimum atomic E-state index is -0.0756. The van der Waals surface area contributed by atoms with Crippen molar-refractivity contribution in [3.05, 3.63) is 29.6 Å². The number of benzene rings is 1. The normalized spacial score (nSPS) is 11.1. The molecule has 0 radical (unpaired) electrons. The van der Waals surface area contributed by atoms with E-state index in [4.69, 9.17) is 0 Å². The smallest absolute Gasteiger partial charge is 0.159 e. The van der Waals surface area contributed by atoms with Gasteiger partial charge < -0.3 is 9.67 Å². The van der Waals surface area contributed by atoms with Crippen LogP contribution in [0.25, 0.3) is 11.0 Å². The summed E-state index contributed by atoms with van der Waals surface area (Å²) in [6, 6.07) is 5.52. The topological polar surface area (TPSA) is 55.1 Å². The van der Waals surface area contributed by atoms with Gasteiger partial charge in [0.1, 0.15) is 12.4 Å². The summed E-state index contributed by atoms with van der Waals surface area (Å²) in [6.07, 6.45) is 2.14. The number of carbonyl (C=O) groups excluding carboxylic acids is 1. The first-order valence-corrected chi connectivity index (χ1v) is 6.28. The van der Waals surface area contributed by atoms with Crippen LogP contribution < -0.4 is 0 Å². The second-order valence-corrected chi connectivity index (χ2v) is 4.45. The number of aliphatic hydroxyl groups excluding tert-OH is 1. The first kappa shape index (κ1) is 12.8. The number of rotatable bonds is 5. The predicted molar refractivity (Wildman–Crippen MR) is 70.6 cm³/mol. The molecule has 0 aliphatic heterocycles. The highest BCUT2D eigenvalue weighted by molar-refractivity contribution is 5.97. The van der Waals surface area contributed by atoms with Crippen molar-refractivity contribution in [2.24, 2.45) is 0 Å². The van der Waals surface area contributed by atoms with E-state index in [0.717, 1.165) is 30.4 Å². The van der Waals surface area contributed by atoms with Gasteiger partial charge in [-0.3, -0.25) is 4.79 Å². The molecule has 2 aromatic rings. The van der Waals surface area contributed by atoms with Crippen LogP contribution in [0.15, 0.2) is 18.2 Å². The molecule has 0 atom stereocenters. The molecule has 2 rings (SSSR count). The third-order valence-electron chi connectivity index (χ3n) is 3.11. The van der Waals surface area contributed by atoms with E-state index in [1.54, 1.807) is 13.0 Å². The summed E-state index contributed by atoms with van der Waals surface area (Å²) < 4.78 is 2.03. The van der Waals surface area contributed by atoms with E-state index in [0.29, 0.717) is 11.4 Å². The molecular weight excluding hydrogens is 228 g/mol. The quantitative estimate of drug-likeness (QED) is 0.825. The van der Waals surface area contributed by atoms with Gasteiger partial charge in [0.15, 0.2) is 5.78 Å². The highest BCUT2D eigenvalue weighted by Crippen LogP contribution is 2.19. The fourth-order valence-corrected chi connectivity index (χ4v) is 2.09. The molecule has 0 fully saturated rings.